The van der Waals surface area contributed by atoms with Crippen molar-refractivity contribution in [1.29, 1.82) is 0 Å². The number of benzene rings is 3. The van der Waals surface area contributed by atoms with Gasteiger partial charge in [-0.2, -0.15) is 13.2 Å². The normalized spacial score (nSPS) is 11.2. The molecular formula is C22H15ClF4N2O2S. The van der Waals surface area contributed by atoms with Crippen molar-refractivity contribution in [2.45, 2.75) is 11.1 Å². The SMILES string of the molecule is O=C(CSc1cccc(NC(=O)c2ccccc2F)c1)Nc1ccc(Cl)cc1C(F)(F)F. The smallest absolute Gasteiger partial charge is 0.325 e. The highest BCUT2D eigenvalue weighted by molar-refractivity contribution is 8.00. The molecule has 0 fully saturated rings. The Hall–Kier alpha value is -3.04. The summed E-state index contributed by atoms with van der Waals surface area (Å²) in [6, 6.07) is 15.1. The number of alkyl halides is 3. The minimum Gasteiger partial charge on any atom is -0.325 e. The molecule has 10 heteroatoms. The van der Waals surface area contributed by atoms with Gasteiger partial charge in [-0.15, -0.1) is 11.8 Å². The summed E-state index contributed by atoms with van der Waals surface area (Å²) in [4.78, 5) is 25.0. The summed E-state index contributed by atoms with van der Waals surface area (Å²) < 4.78 is 53.2. The zero-order valence-electron chi connectivity index (χ0n) is 16.2. The second-order valence-electron chi connectivity index (χ2n) is 6.49. The zero-order chi connectivity index (χ0) is 23.3. The Morgan fingerprint density at radius 3 is 2.41 bits per heavy atom. The molecule has 0 aliphatic carbocycles. The molecule has 166 valence electrons. The number of rotatable bonds is 6. The maximum atomic E-state index is 13.7. The summed E-state index contributed by atoms with van der Waals surface area (Å²) in [5, 5.41) is 4.71. The van der Waals surface area contributed by atoms with E-state index in [0.29, 0.717) is 10.6 Å². The number of thioether (sulfide) groups is 1. The Bertz CT molecular complexity index is 1150. The maximum Gasteiger partial charge on any atom is 0.418 e. The lowest BCUT2D eigenvalue weighted by molar-refractivity contribution is -0.137. The molecule has 0 bridgehead atoms. The average molecular weight is 483 g/mol. The number of carbonyl (C=O) groups is 2. The van der Waals surface area contributed by atoms with E-state index in [9.17, 15) is 27.2 Å². The van der Waals surface area contributed by atoms with E-state index in [1.807, 2.05) is 0 Å². The molecule has 2 amide bonds. The predicted molar refractivity (Wildman–Crippen MR) is 117 cm³/mol. The van der Waals surface area contributed by atoms with Crippen LogP contribution in [0.5, 0.6) is 0 Å². The zero-order valence-corrected chi connectivity index (χ0v) is 17.7. The number of halogens is 5. The van der Waals surface area contributed by atoms with Gasteiger partial charge in [-0.1, -0.05) is 29.8 Å². The van der Waals surface area contributed by atoms with E-state index >= 15 is 0 Å². The van der Waals surface area contributed by atoms with Crippen LogP contribution < -0.4 is 10.6 Å². The lowest BCUT2D eigenvalue weighted by Crippen LogP contribution is -2.18. The van der Waals surface area contributed by atoms with E-state index in [2.05, 4.69) is 10.6 Å². The Labute approximate surface area is 190 Å². The van der Waals surface area contributed by atoms with Crippen molar-refractivity contribution in [1.82, 2.24) is 0 Å². The topological polar surface area (TPSA) is 58.2 Å². The maximum absolute atomic E-state index is 13.7. The summed E-state index contributed by atoms with van der Waals surface area (Å²) in [5.74, 6) is -2.12. The highest BCUT2D eigenvalue weighted by Crippen LogP contribution is 2.36. The van der Waals surface area contributed by atoms with Crippen molar-refractivity contribution in [2.75, 3.05) is 16.4 Å². The highest BCUT2D eigenvalue weighted by atomic mass is 35.5. The van der Waals surface area contributed by atoms with Gasteiger partial charge in [0.15, 0.2) is 0 Å². The fraction of sp³-hybridized carbons (Fsp3) is 0.0909. The van der Waals surface area contributed by atoms with Crippen LogP contribution in [0, 0.1) is 5.82 Å². The molecule has 0 heterocycles. The first kappa shape index (κ1) is 23.6. The van der Waals surface area contributed by atoms with Gasteiger partial charge in [0.1, 0.15) is 5.82 Å². The van der Waals surface area contributed by atoms with Crippen molar-refractivity contribution in [3.8, 4) is 0 Å². The minimum absolute atomic E-state index is 0.0982. The second-order valence-corrected chi connectivity index (χ2v) is 7.97. The molecule has 0 radical (unpaired) electrons. The van der Waals surface area contributed by atoms with E-state index in [4.69, 9.17) is 11.6 Å². The van der Waals surface area contributed by atoms with Crippen LogP contribution in [-0.4, -0.2) is 17.6 Å². The summed E-state index contributed by atoms with van der Waals surface area (Å²) >= 11 is 6.69. The number of anilines is 2. The Balaban J connectivity index is 1.63. The summed E-state index contributed by atoms with van der Waals surface area (Å²) in [5.41, 5.74) is -1.17. The predicted octanol–water partition coefficient (Wildman–Crippen LogP) is 6.48. The fourth-order valence-corrected chi connectivity index (χ4v) is 3.63. The van der Waals surface area contributed by atoms with E-state index in [1.165, 1.54) is 30.3 Å². The number of nitrogens with one attached hydrogen (secondary N) is 2. The van der Waals surface area contributed by atoms with Crippen molar-refractivity contribution < 1.29 is 27.2 Å². The standard InChI is InChI=1S/C22H15ClF4N2O2S/c23-13-8-9-19(17(10-13)22(25,26)27)29-20(30)12-32-15-5-3-4-14(11-15)28-21(31)16-6-1-2-7-18(16)24/h1-11H,12H2,(H,28,31)(H,29,30). The first-order valence-electron chi connectivity index (χ1n) is 9.09. The van der Waals surface area contributed by atoms with Crippen LogP contribution in [0.25, 0.3) is 0 Å². The van der Waals surface area contributed by atoms with Crippen LogP contribution in [0.1, 0.15) is 15.9 Å². The van der Waals surface area contributed by atoms with Crippen molar-refractivity contribution in [3.63, 3.8) is 0 Å². The molecule has 0 aliphatic rings. The molecule has 4 nitrogen and oxygen atoms in total. The van der Waals surface area contributed by atoms with E-state index in [1.54, 1.807) is 24.3 Å². The van der Waals surface area contributed by atoms with Gasteiger partial charge in [-0.25, -0.2) is 4.39 Å². The third-order valence-electron chi connectivity index (χ3n) is 4.14. The molecule has 0 spiro atoms. The number of hydrogen-bond acceptors (Lipinski definition) is 3. The molecule has 0 unspecified atom stereocenters. The summed E-state index contributed by atoms with van der Waals surface area (Å²) in [6.07, 6.45) is -4.68. The van der Waals surface area contributed by atoms with Crippen LogP contribution in [0.3, 0.4) is 0 Å². The van der Waals surface area contributed by atoms with Gasteiger partial charge in [-0.3, -0.25) is 9.59 Å². The number of carbonyl (C=O) groups excluding carboxylic acids is 2. The molecule has 3 aromatic rings. The average Bonchev–Trinajstić information content (AvgIpc) is 2.73. The molecule has 0 aliphatic heterocycles. The first-order chi connectivity index (χ1) is 15.1. The van der Waals surface area contributed by atoms with E-state index in [0.717, 1.165) is 23.9 Å². The highest BCUT2D eigenvalue weighted by Gasteiger charge is 2.34. The fourth-order valence-electron chi connectivity index (χ4n) is 2.70. The first-order valence-corrected chi connectivity index (χ1v) is 10.4. The molecule has 3 aromatic carbocycles. The van der Waals surface area contributed by atoms with Crippen molar-refractivity contribution >= 4 is 46.6 Å². The molecule has 3 rings (SSSR count). The molecule has 0 saturated heterocycles. The molecule has 0 aromatic heterocycles. The summed E-state index contributed by atoms with van der Waals surface area (Å²) in [7, 11) is 0. The van der Waals surface area contributed by atoms with Gasteiger partial charge in [0, 0.05) is 15.6 Å². The van der Waals surface area contributed by atoms with Crippen LogP contribution >= 0.6 is 23.4 Å². The van der Waals surface area contributed by atoms with Crippen molar-refractivity contribution in [3.05, 3.63) is 88.7 Å². The van der Waals surface area contributed by atoms with Gasteiger partial charge in [0.2, 0.25) is 5.91 Å². The molecule has 0 saturated carbocycles. The van der Waals surface area contributed by atoms with E-state index < -0.39 is 35.1 Å². The van der Waals surface area contributed by atoms with Crippen LogP contribution in [0.15, 0.2) is 71.6 Å². The largest absolute Gasteiger partial charge is 0.418 e. The van der Waals surface area contributed by atoms with Crippen LogP contribution in [-0.2, 0) is 11.0 Å². The third-order valence-corrected chi connectivity index (χ3v) is 5.37. The van der Waals surface area contributed by atoms with Gasteiger partial charge in [0.25, 0.3) is 5.91 Å². The van der Waals surface area contributed by atoms with Gasteiger partial charge in [0.05, 0.1) is 22.6 Å². The number of hydrogen-bond donors (Lipinski definition) is 2. The van der Waals surface area contributed by atoms with Gasteiger partial charge >= 0.3 is 6.18 Å². The van der Waals surface area contributed by atoms with Gasteiger partial charge in [-0.05, 0) is 48.5 Å². The molecule has 0 atom stereocenters. The Morgan fingerprint density at radius 2 is 1.69 bits per heavy atom. The van der Waals surface area contributed by atoms with E-state index in [-0.39, 0.29) is 16.3 Å². The Kier molecular flexibility index (Phi) is 7.42. The van der Waals surface area contributed by atoms with Crippen LogP contribution in [0.4, 0.5) is 28.9 Å². The van der Waals surface area contributed by atoms with Crippen molar-refractivity contribution in [2.24, 2.45) is 0 Å². The Morgan fingerprint density at radius 1 is 0.938 bits per heavy atom. The van der Waals surface area contributed by atoms with Crippen LogP contribution in [0.2, 0.25) is 5.02 Å². The number of amides is 2. The third kappa shape index (κ3) is 6.24. The summed E-state index contributed by atoms with van der Waals surface area (Å²) in [6.45, 7) is 0. The second kappa shape index (κ2) is 10.1. The monoisotopic (exact) mass is 482 g/mol. The minimum atomic E-state index is -4.68. The quantitative estimate of drug-likeness (QED) is 0.312. The lowest BCUT2D eigenvalue weighted by Gasteiger charge is -2.14. The molecule has 2 N–H and O–H groups in total. The molecule has 32 heavy (non-hydrogen) atoms. The van der Waals surface area contributed by atoms with Gasteiger partial charge < -0.3 is 10.6 Å². The molecular weight excluding hydrogens is 468 g/mol. The lowest BCUT2D eigenvalue weighted by atomic mass is 10.1.